The molecule has 0 unspecified atom stereocenters. The second-order valence-electron chi connectivity index (χ2n) is 5.99. The zero-order valence-electron chi connectivity index (χ0n) is 14.8. The van der Waals surface area contributed by atoms with Crippen molar-refractivity contribution in [1.29, 1.82) is 0 Å². The van der Waals surface area contributed by atoms with E-state index < -0.39 is 17.4 Å². The lowest BCUT2D eigenvalue weighted by molar-refractivity contribution is -0.147. The van der Waals surface area contributed by atoms with Gasteiger partial charge in [-0.05, 0) is 29.5 Å². The number of carbonyl (C=O) groups is 2. The molecule has 2 aromatic rings. The summed E-state index contributed by atoms with van der Waals surface area (Å²) in [6.45, 7) is 3.82. The first-order chi connectivity index (χ1) is 12.9. The molecule has 2 rings (SSSR count). The predicted octanol–water partition coefficient (Wildman–Crippen LogP) is 5.00. The number of hydrogen-bond acceptors (Lipinski definition) is 2. The van der Waals surface area contributed by atoms with Gasteiger partial charge in [-0.2, -0.15) is 0 Å². The van der Waals surface area contributed by atoms with Crippen molar-refractivity contribution < 1.29 is 19.8 Å². The van der Waals surface area contributed by atoms with Crippen LogP contribution >= 0.6 is 23.2 Å². The fourth-order valence-corrected chi connectivity index (χ4v) is 2.86. The maximum atomic E-state index is 12.2. The van der Waals surface area contributed by atoms with Gasteiger partial charge in [-0.25, -0.2) is 0 Å². The number of halogens is 2. The molecule has 27 heavy (non-hydrogen) atoms. The maximum Gasteiger partial charge on any atom is 0.314 e. The molecule has 0 aliphatic carbocycles. The molecule has 0 aromatic heterocycles. The van der Waals surface area contributed by atoms with E-state index in [1.165, 1.54) is 0 Å². The third kappa shape index (κ3) is 7.08. The lowest BCUT2D eigenvalue weighted by Crippen LogP contribution is -2.38. The first-order valence-electron chi connectivity index (χ1n) is 8.19. The Morgan fingerprint density at radius 2 is 1.22 bits per heavy atom. The van der Waals surface area contributed by atoms with Gasteiger partial charge in [0.25, 0.3) is 0 Å². The van der Waals surface area contributed by atoms with Crippen molar-refractivity contribution in [2.24, 2.45) is 5.41 Å². The maximum absolute atomic E-state index is 12.2. The van der Waals surface area contributed by atoms with Crippen molar-refractivity contribution in [3.05, 3.63) is 83.9 Å². The normalized spacial score (nSPS) is 10.4. The molecule has 0 atom stereocenters. The summed E-state index contributed by atoms with van der Waals surface area (Å²) in [6, 6.07) is 18.4. The lowest BCUT2D eigenvalue weighted by Gasteiger charge is -2.31. The van der Waals surface area contributed by atoms with E-state index >= 15 is 0 Å². The molecule has 0 heterocycles. The summed E-state index contributed by atoms with van der Waals surface area (Å²) in [5.74, 6) is -2.13. The van der Waals surface area contributed by atoms with Gasteiger partial charge in [-0.1, -0.05) is 67.2 Å². The molecule has 0 fully saturated rings. The largest absolute Gasteiger partial charge is 0.481 e. The molecule has 0 amide bonds. The van der Waals surface area contributed by atoms with Crippen LogP contribution in [0.25, 0.3) is 0 Å². The van der Waals surface area contributed by atoms with Crippen molar-refractivity contribution in [3.63, 3.8) is 0 Å². The number of carboxylic acids is 2. The van der Waals surface area contributed by atoms with Gasteiger partial charge in [0.1, 0.15) is 0 Å². The van der Waals surface area contributed by atoms with Gasteiger partial charge in [0.2, 0.25) is 0 Å². The Kier molecular flexibility index (Phi) is 9.62. The van der Waals surface area contributed by atoms with Crippen LogP contribution in [0.3, 0.4) is 0 Å². The molecule has 0 aliphatic heterocycles. The van der Waals surface area contributed by atoms with E-state index in [9.17, 15) is 14.7 Å². The average Bonchev–Trinajstić information content (AvgIpc) is 2.62. The molecule has 0 saturated carbocycles. The summed E-state index contributed by atoms with van der Waals surface area (Å²) in [5, 5.41) is 19.3. The molecular weight excluding hydrogens is 387 g/mol. The smallest absolute Gasteiger partial charge is 0.314 e. The van der Waals surface area contributed by atoms with Crippen LogP contribution in [-0.4, -0.2) is 27.5 Å². The standard InChI is InChI=1S/C20H20O4.CH2Cl2/c1-15(12-18(21)22)20(19(23)24,13-16-8-4-2-5-9-16)14-17-10-6-3-7-11-17;2-1-3/h2-11H,1,12-14H2,(H,21,22)(H,23,24);1H2. The SMILES string of the molecule is C=C(CC(=O)O)C(Cc1ccccc1)(Cc1ccccc1)C(=O)O.ClCCl. The molecular formula is C21H22Cl2O4. The van der Waals surface area contributed by atoms with Crippen LogP contribution in [0.1, 0.15) is 17.5 Å². The molecule has 0 bridgehead atoms. The quantitative estimate of drug-likeness (QED) is 0.476. The van der Waals surface area contributed by atoms with Crippen LogP contribution in [0.4, 0.5) is 0 Å². The van der Waals surface area contributed by atoms with Gasteiger partial charge in [0.15, 0.2) is 0 Å². The van der Waals surface area contributed by atoms with Crippen LogP contribution in [-0.2, 0) is 22.4 Å². The number of alkyl halides is 2. The van der Waals surface area contributed by atoms with Gasteiger partial charge in [0, 0.05) is 0 Å². The van der Waals surface area contributed by atoms with E-state index in [1.807, 2.05) is 60.7 Å². The highest BCUT2D eigenvalue weighted by atomic mass is 35.5. The third-order valence-corrected chi connectivity index (χ3v) is 4.15. The second-order valence-corrected chi connectivity index (χ2v) is 6.80. The first-order valence-corrected chi connectivity index (χ1v) is 9.26. The number of aliphatic carboxylic acids is 2. The molecule has 2 aromatic carbocycles. The van der Waals surface area contributed by atoms with Gasteiger partial charge in [-0.15, -0.1) is 23.2 Å². The Balaban J connectivity index is 0.00000114. The number of benzene rings is 2. The summed E-state index contributed by atoms with van der Waals surface area (Å²) in [4.78, 5) is 23.3. The molecule has 0 aliphatic rings. The molecule has 0 radical (unpaired) electrons. The minimum absolute atomic E-state index is 0.194. The van der Waals surface area contributed by atoms with E-state index in [0.717, 1.165) is 11.1 Å². The zero-order valence-corrected chi connectivity index (χ0v) is 16.3. The van der Waals surface area contributed by atoms with Gasteiger partial charge in [-0.3, -0.25) is 9.59 Å². The average molecular weight is 409 g/mol. The Morgan fingerprint density at radius 3 is 1.52 bits per heavy atom. The Hall–Kier alpha value is -2.30. The van der Waals surface area contributed by atoms with Crippen molar-refractivity contribution >= 4 is 35.1 Å². The van der Waals surface area contributed by atoms with Crippen LogP contribution in [0, 0.1) is 5.41 Å². The predicted molar refractivity (Wildman–Crippen MR) is 108 cm³/mol. The molecule has 2 N–H and O–H groups in total. The highest BCUT2D eigenvalue weighted by molar-refractivity contribution is 6.40. The van der Waals surface area contributed by atoms with Crippen molar-refractivity contribution in [1.82, 2.24) is 0 Å². The van der Waals surface area contributed by atoms with Gasteiger partial charge in [0.05, 0.1) is 17.2 Å². The highest BCUT2D eigenvalue weighted by Gasteiger charge is 2.42. The van der Waals surface area contributed by atoms with Crippen LogP contribution in [0.15, 0.2) is 72.8 Å². The van der Waals surface area contributed by atoms with Crippen LogP contribution < -0.4 is 0 Å². The van der Waals surface area contributed by atoms with E-state index in [4.69, 9.17) is 28.3 Å². The topological polar surface area (TPSA) is 74.6 Å². The summed E-state index contributed by atoms with van der Waals surface area (Å²) in [5.41, 5.74) is 0.515. The van der Waals surface area contributed by atoms with E-state index in [2.05, 4.69) is 6.58 Å². The Morgan fingerprint density at radius 1 is 0.852 bits per heavy atom. The summed E-state index contributed by atoms with van der Waals surface area (Å²) < 4.78 is 0. The van der Waals surface area contributed by atoms with Crippen LogP contribution in [0.5, 0.6) is 0 Å². The molecule has 6 heteroatoms. The zero-order chi connectivity index (χ0) is 20.3. The molecule has 0 saturated heterocycles. The fraction of sp³-hybridized carbons (Fsp3) is 0.238. The molecule has 0 spiro atoms. The lowest BCUT2D eigenvalue weighted by atomic mass is 9.70. The summed E-state index contributed by atoms with van der Waals surface area (Å²) >= 11 is 9.53. The number of carboxylic acid groups (broad SMARTS) is 2. The summed E-state index contributed by atoms with van der Waals surface area (Å²) in [6.07, 6.45) is 0.0281. The Labute approximate surface area is 169 Å². The van der Waals surface area contributed by atoms with Gasteiger partial charge >= 0.3 is 11.9 Å². The molecule has 144 valence electrons. The highest BCUT2D eigenvalue weighted by Crippen LogP contribution is 2.37. The number of rotatable bonds is 8. The third-order valence-electron chi connectivity index (χ3n) is 4.15. The minimum Gasteiger partial charge on any atom is -0.481 e. The first kappa shape index (κ1) is 22.7. The van der Waals surface area contributed by atoms with E-state index in [1.54, 1.807) is 0 Å². The minimum atomic E-state index is -1.36. The second kappa shape index (κ2) is 11.4. The monoisotopic (exact) mass is 408 g/mol. The van der Waals surface area contributed by atoms with E-state index in [0.29, 0.717) is 0 Å². The Bertz CT molecular complexity index is 704. The van der Waals surface area contributed by atoms with Crippen molar-refractivity contribution in [2.45, 2.75) is 19.3 Å². The van der Waals surface area contributed by atoms with E-state index in [-0.39, 0.29) is 30.2 Å². The van der Waals surface area contributed by atoms with Crippen molar-refractivity contribution in [2.75, 3.05) is 5.34 Å². The van der Waals surface area contributed by atoms with Crippen LogP contribution in [0.2, 0.25) is 0 Å². The number of hydrogen-bond donors (Lipinski definition) is 2. The van der Waals surface area contributed by atoms with Gasteiger partial charge < -0.3 is 10.2 Å². The van der Waals surface area contributed by atoms with Crippen molar-refractivity contribution in [3.8, 4) is 0 Å². The molecule has 4 nitrogen and oxygen atoms in total. The fourth-order valence-electron chi connectivity index (χ4n) is 2.86. The summed E-state index contributed by atoms with van der Waals surface area (Å²) in [7, 11) is 0.